The SMILES string of the molecule is Cc1ccc(N2CCN(C(=O)c3ncn[nH]3)C(C)C2)cc1. The summed E-state index contributed by atoms with van der Waals surface area (Å²) in [6, 6.07) is 8.64. The highest BCUT2D eigenvalue weighted by Crippen LogP contribution is 2.20. The van der Waals surface area contributed by atoms with Crippen molar-refractivity contribution in [1.82, 2.24) is 20.1 Å². The highest BCUT2D eigenvalue weighted by Gasteiger charge is 2.29. The second kappa shape index (κ2) is 5.55. The molecule has 0 spiro atoms. The van der Waals surface area contributed by atoms with Crippen LogP contribution in [0.15, 0.2) is 30.6 Å². The predicted molar refractivity (Wildman–Crippen MR) is 80.3 cm³/mol. The van der Waals surface area contributed by atoms with Crippen LogP contribution in [-0.4, -0.2) is 51.7 Å². The van der Waals surface area contributed by atoms with Crippen LogP contribution in [0.1, 0.15) is 23.1 Å². The molecule has 0 bridgehead atoms. The summed E-state index contributed by atoms with van der Waals surface area (Å²) < 4.78 is 0. The Kier molecular flexibility index (Phi) is 3.60. The Morgan fingerprint density at radius 1 is 1.29 bits per heavy atom. The molecule has 21 heavy (non-hydrogen) atoms. The number of hydrogen-bond donors (Lipinski definition) is 1. The second-order valence-corrected chi connectivity index (χ2v) is 5.46. The molecule has 1 N–H and O–H groups in total. The summed E-state index contributed by atoms with van der Waals surface area (Å²) >= 11 is 0. The van der Waals surface area contributed by atoms with Crippen LogP contribution in [0.4, 0.5) is 5.69 Å². The third-order valence-corrected chi connectivity index (χ3v) is 3.91. The van der Waals surface area contributed by atoms with Gasteiger partial charge < -0.3 is 9.80 Å². The molecule has 1 saturated heterocycles. The highest BCUT2D eigenvalue weighted by atomic mass is 16.2. The van der Waals surface area contributed by atoms with Gasteiger partial charge in [0.2, 0.25) is 5.82 Å². The van der Waals surface area contributed by atoms with Gasteiger partial charge in [0.1, 0.15) is 6.33 Å². The molecule has 1 unspecified atom stereocenters. The van der Waals surface area contributed by atoms with Crippen molar-refractivity contribution in [3.63, 3.8) is 0 Å². The number of carbonyl (C=O) groups excluding carboxylic acids is 1. The summed E-state index contributed by atoms with van der Waals surface area (Å²) in [4.78, 5) is 20.4. The third kappa shape index (κ3) is 2.74. The van der Waals surface area contributed by atoms with Gasteiger partial charge in [-0.05, 0) is 26.0 Å². The van der Waals surface area contributed by atoms with Crippen LogP contribution >= 0.6 is 0 Å². The van der Waals surface area contributed by atoms with Crippen molar-refractivity contribution in [2.24, 2.45) is 0 Å². The Balaban J connectivity index is 1.69. The molecule has 2 aromatic rings. The van der Waals surface area contributed by atoms with E-state index in [1.54, 1.807) is 0 Å². The zero-order valence-corrected chi connectivity index (χ0v) is 12.3. The summed E-state index contributed by atoms with van der Waals surface area (Å²) in [5.41, 5.74) is 2.46. The van der Waals surface area contributed by atoms with Gasteiger partial charge in [0.15, 0.2) is 0 Å². The molecule has 1 aromatic carbocycles. The van der Waals surface area contributed by atoms with Gasteiger partial charge >= 0.3 is 0 Å². The first-order valence-corrected chi connectivity index (χ1v) is 7.13. The van der Waals surface area contributed by atoms with Crippen LogP contribution in [-0.2, 0) is 0 Å². The maximum absolute atomic E-state index is 12.3. The summed E-state index contributed by atoms with van der Waals surface area (Å²) in [7, 11) is 0. The van der Waals surface area contributed by atoms with Crippen molar-refractivity contribution in [3.8, 4) is 0 Å². The fourth-order valence-electron chi connectivity index (χ4n) is 2.69. The van der Waals surface area contributed by atoms with E-state index in [1.807, 2.05) is 4.90 Å². The minimum absolute atomic E-state index is 0.0800. The number of amides is 1. The largest absolute Gasteiger partial charge is 0.368 e. The molecule has 6 heteroatoms. The van der Waals surface area contributed by atoms with Crippen LogP contribution in [0, 0.1) is 6.92 Å². The molecule has 6 nitrogen and oxygen atoms in total. The summed E-state index contributed by atoms with van der Waals surface area (Å²) in [5.74, 6) is 0.231. The first kappa shape index (κ1) is 13.6. The van der Waals surface area contributed by atoms with E-state index in [2.05, 4.69) is 58.2 Å². The van der Waals surface area contributed by atoms with Gasteiger partial charge in [0.25, 0.3) is 5.91 Å². The molecule has 1 amide bonds. The first-order valence-electron chi connectivity index (χ1n) is 7.13. The number of hydrogen-bond acceptors (Lipinski definition) is 4. The molecule has 3 rings (SSSR count). The molecular weight excluding hydrogens is 266 g/mol. The maximum atomic E-state index is 12.3. The fourth-order valence-corrected chi connectivity index (χ4v) is 2.69. The molecule has 1 atom stereocenters. The van der Waals surface area contributed by atoms with Crippen molar-refractivity contribution in [2.75, 3.05) is 24.5 Å². The lowest BCUT2D eigenvalue weighted by atomic mass is 10.1. The molecule has 1 aromatic heterocycles. The zero-order valence-electron chi connectivity index (χ0n) is 12.3. The molecule has 0 radical (unpaired) electrons. The summed E-state index contributed by atoms with van der Waals surface area (Å²) in [6.07, 6.45) is 1.36. The van der Waals surface area contributed by atoms with Gasteiger partial charge in [-0.3, -0.25) is 9.89 Å². The number of H-pyrrole nitrogens is 1. The molecule has 1 aliphatic rings. The van der Waals surface area contributed by atoms with Crippen LogP contribution in [0.3, 0.4) is 0 Å². The van der Waals surface area contributed by atoms with E-state index in [1.165, 1.54) is 17.6 Å². The van der Waals surface area contributed by atoms with E-state index < -0.39 is 0 Å². The van der Waals surface area contributed by atoms with E-state index in [4.69, 9.17) is 0 Å². The lowest BCUT2D eigenvalue weighted by molar-refractivity contribution is 0.0662. The third-order valence-electron chi connectivity index (χ3n) is 3.91. The summed E-state index contributed by atoms with van der Waals surface area (Å²) in [5, 5.41) is 6.38. The number of anilines is 1. The van der Waals surface area contributed by atoms with Gasteiger partial charge in [-0.25, -0.2) is 4.98 Å². The van der Waals surface area contributed by atoms with Crippen molar-refractivity contribution < 1.29 is 4.79 Å². The number of aromatic nitrogens is 3. The maximum Gasteiger partial charge on any atom is 0.291 e. The van der Waals surface area contributed by atoms with Crippen molar-refractivity contribution in [2.45, 2.75) is 19.9 Å². The van der Waals surface area contributed by atoms with Gasteiger partial charge in [-0.2, -0.15) is 5.10 Å². The van der Waals surface area contributed by atoms with Crippen LogP contribution in [0.5, 0.6) is 0 Å². The van der Waals surface area contributed by atoms with Crippen LogP contribution in [0.25, 0.3) is 0 Å². The molecule has 110 valence electrons. The smallest absolute Gasteiger partial charge is 0.291 e. The average Bonchev–Trinajstić information content (AvgIpc) is 3.01. The minimum atomic E-state index is -0.0800. The molecule has 1 fully saturated rings. The normalized spacial score (nSPS) is 18.9. The second-order valence-electron chi connectivity index (χ2n) is 5.46. The van der Waals surface area contributed by atoms with E-state index in [9.17, 15) is 4.79 Å². The Labute approximate surface area is 123 Å². The summed E-state index contributed by atoms with van der Waals surface area (Å²) in [6.45, 7) is 6.49. The van der Waals surface area contributed by atoms with Crippen molar-refractivity contribution in [1.29, 1.82) is 0 Å². The minimum Gasteiger partial charge on any atom is -0.368 e. The molecular formula is C15H19N5O. The zero-order chi connectivity index (χ0) is 14.8. The number of rotatable bonds is 2. The standard InChI is InChI=1S/C15H19N5O/c1-11-3-5-13(6-4-11)19-7-8-20(12(2)9-19)15(21)14-16-10-17-18-14/h3-6,10,12H,7-9H2,1-2H3,(H,16,17,18). The van der Waals surface area contributed by atoms with Crippen molar-refractivity contribution in [3.05, 3.63) is 42.0 Å². The Morgan fingerprint density at radius 2 is 2.05 bits per heavy atom. The van der Waals surface area contributed by atoms with Gasteiger partial charge in [0, 0.05) is 31.4 Å². The molecule has 2 heterocycles. The van der Waals surface area contributed by atoms with Crippen molar-refractivity contribution >= 4 is 11.6 Å². The number of aromatic amines is 1. The molecule has 0 saturated carbocycles. The first-order chi connectivity index (χ1) is 10.1. The number of aryl methyl sites for hydroxylation is 1. The van der Waals surface area contributed by atoms with E-state index in [-0.39, 0.29) is 11.9 Å². The van der Waals surface area contributed by atoms with Gasteiger partial charge in [-0.15, -0.1) is 0 Å². The fraction of sp³-hybridized carbons (Fsp3) is 0.400. The average molecular weight is 285 g/mol. The quantitative estimate of drug-likeness (QED) is 0.907. The van der Waals surface area contributed by atoms with E-state index in [0.29, 0.717) is 12.4 Å². The van der Waals surface area contributed by atoms with Gasteiger partial charge in [0.05, 0.1) is 0 Å². The van der Waals surface area contributed by atoms with Crippen LogP contribution in [0.2, 0.25) is 0 Å². The van der Waals surface area contributed by atoms with Crippen LogP contribution < -0.4 is 4.90 Å². The monoisotopic (exact) mass is 285 g/mol. The number of carbonyl (C=O) groups is 1. The number of nitrogens with zero attached hydrogens (tertiary/aromatic N) is 4. The highest BCUT2D eigenvalue weighted by molar-refractivity contribution is 5.90. The number of nitrogens with one attached hydrogen (secondary N) is 1. The lowest BCUT2D eigenvalue weighted by Gasteiger charge is -2.40. The topological polar surface area (TPSA) is 65.1 Å². The Hall–Kier alpha value is -2.37. The number of piperazine rings is 1. The predicted octanol–water partition coefficient (Wildman–Crippen LogP) is 1.46. The lowest BCUT2D eigenvalue weighted by Crippen LogP contribution is -2.54. The molecule has 0 aliphatic carbocycles. The van der Waals surface area contributed by atoms with Gasteiger partial charge in [-0.1, -0.05) is 17.7 Å². The van der Waals surface area contributed by atoms with E-state index in [0.717, 1.165) is 13.1 Å². The Bertz CT molecular complexity index is 608. The van der Waals surface area contributed by atoms with E-state index >= 15 is 0 Å². The molecule has 1 aliphatic heterocycles. The Morgan fingerprint density at radius 3 is 2.67 bits per heavy atom. The number of benzene rings is 1.